The fourth-order valence-corrected chi connectivity index (χ4v) is 4.67. The zero-order chi connectivity index (χ0) is 17.3. The largest absolute Gasteiger partial charge is 0.475 e. The van der Waals surface area contributed by atoms with Crippen LogP contribution in [0.25, 0.3) is 0 Å². The van der Waals surface area contributed by atoms with Crippen LogP contribution in [0.4, 0.5) is 4.39 Å². The van der Waals surface area contributed by atoms with Crippen LogP contribution < -0.4 is 4.74 Å². The molecule has 2 aromatic rings. The third kappa shape index (κ3) is 3.54. The topological polar surface area (TPSA) is 41.5 Å². The zero-order valence-electron chi connectivity index (χ0n) is 14.4. The van der Waals surface area contributed by atoms with Crippen LogP contribution in [0.5, 0.6) is 5.88 Å². The van der Waals surface area contributed by atoms with Crippen molar-refractivity contribution in [2.45, 2.75) is 24.9 Å². The van der Waals surface area contributed by atoms with E-state index in [2.05, 4.69) is 26.8 Å². The van der Waals surface area contributed by atoms with Crippen LogP contribution in [0.3, 0.4) is 0 Å². The molecule has 0 bridgehead atoms. The molecule has 7 heteroatoms. The lowest BCUT2D eigenvalue weighted by molar-refractivity contribution is -0.0876. The molecular formula is C18H23FN4OS. The molecule has 2 fully saturated rings. The molecule has 4 rings (SSSR count). The number of piperidine rings is 1. The molecule has 1 unspecified atom stereocenters. The van der Waals surface area contributed by atoms with Crippen molar-refractivity contribution in [3.05, 3.63) is 40.7 Å². The van der Waals surface area contributed by atoms with E-state index >= 15 is 0 Å². The Labute approximate surface area is 151 Å². The van der Waals surface area contributed by atoms with Crippen LogP contribution in [-0.2, 0) is 6.54 Å². The molecule has 0 aromatic carbocycles. The Morgan fingerprint density at radius 1 is 1.36 bits per heavy atom. The van der Waals surface area contributed by atoms with E-state index in [4.69, 9.17) is 4.74 Å². The summed E-state index contributed by atoms with van der Waals surface area (Å²) in [6.45, 7) is 4.67. The van der Waals surface area contributed by atoms with Gasteiger partial charge < -0.3 is 4.74 Å². The van der Waals surface area contributed by atoms with Gasteiger partial charge in [-0.2, -0.15) is 0 Å². The highest BCUT2D eigenvalue weighted by Gasteiger charge is 2.49. The highest BCUT2D eigenvalue weighted by Crippen LogP contribution is 2.39. The number of pyridine rings is 1. The monoisotopic (exact) mass is 362 g/mol. The number of hydrogen-bond acceptors (Lipinski definition) is 6. The van der Waals surface area contributed by atoms with Gasteiger partial charge in [0.1, 0.15) is 5.01 Å². The summed E-state index contributed by atoms with van der Waals surface area (Å²) in [5.74, 6) is 0.178. The SMILES string of the molecule is CN1CCC(COc2ncccc2F)CC12CN(Cc1nccs1)C2. The summed E-state index contributed by atoms with van der Waals surface area (Å²) in [5.41, 5.74) is 0.228. The molecule has 2 aliphatic rings. The first-order valence-electron chi connectivity index (χ1n) is 8.70. The first-order chi connectivity index (χ1) is 12.1. The number of likely N-dealkylation sites (N-methyl/N-ethyl adjacent to an activating group) is 1. The number of rotatable bonds is 5. The Hall–Kier alpha value is -1.57. The molecule has 0 N–H and O–H groups in total. The van der Waals surface area contributed by atoms with Gasteiger partial charge in [-0.3, -0.25) is 9.80 Å². The molecule has 0 saturated carbocycles. The van der Waals surface area contributed by atoms with Crippen LogP contribution in [0.1, 0.15) is 17.8 Å². The fraction of sp³-hybridized carbons (Fsp3) is 0.556. The Morgan fingerprint density at radius 3 is 3.00 bits per heavy atom. The molecule has 1 spiro atoms. The molecular weight excluding hydrogens is 339 g/mol. The first kappa shape index (κ1) is 16.9. The summed E-state index contributed by atoms with van der Waals surface area (Å²) in [5, 5.41) is 3.21. The molecule has 2 aromatic heterocycles. The van der Waals surface area contributed by atoms with Crippen LogP contribution in [0.2, 0.25) is 0 Å². The summed E-state index contributed by atoms with van der Waals surface area (Å²) in [4.78, 5) is 13.3. The van der Waals surface area contributed by atoms with Crippen molar-refractivity contribution in [1.82, 2.24) is 19.8 Å². The van der Waals surface area contributed by atoms with Crippen molar-refractivity contribution in [3.63, 3.8) is 0 Å². The second kappa shape index (κ2) is 6.97. The zero-order valence-corrected chi connectivity index (χ0v) is 15.2. The van der Waals surface area contributed by atoms with Gasteiger partial charge in [0.2, 0.25) is 5.88 Å². The lowest BCUT2D eigenvalue weighted by Crippen LogP contribution is -2.71. The smallest absolute Gasteiger partial charge is 0.250 e. The van der Waals surface area contributed by atoms with E-state index in [0.717, 1.165) is 39.0 Å². The average molecular weight is 362 g/mol. The fourth-order valence-electron chi connectivity index (χ4n) is 4.02. The lowest BCUT2D eigenvalue weighted by Gasteiger charge is -2.58. The van der Waals surface area contributed by atoms with Gasteiger partial charge in [0, 0.05) is 36.4 Å². The molecule has 1 atom stereocenters. The van der Waals surface area contributed by atoms with E-state index < -0.39 is 0 Å². The van der Waals surface area contributed by atoms with Gasteiger partial charge in [-0.1, -0.05) is 0 Å². The Morgan fingerprint density at radius 2 is 2.24 bits per heavy atom. The molecule has 5 nitrogen and oxygen atoms in total. The number of nitrogens with zero attached hydrogens (tertiary/aromatic N) is 4. The van der Waals surface area contributed by atoms with E-state index in [9.17, 15) is 4.39 Å². The Bertz CT molecular complexity index is 705. The predicted octanol–water partition coefficient (Wildman–Crippen LogP) is 2.65. The van der Waals surface area contributed by atoms with Gasteiger partial charge >= 0.3 is 0 Å². The van der Waals surface area contributed by atoms with E-state index in [-0.39, 0.29) is 17.2 Å². The lowest BCUT2D eigenvalue weighted by atomic mass is 9.75. The summed E-state index contributed by atoms with van der Waals surface area (Å²) in [7, 11) is 2.22. The minimum atomic E-state index is -0.386. The van der Waals surface area contributed by atoms with Gasteiger partial charge in [-0.05, 0) is 44.5 Å². The Kier molecular flexibility index (Phi) is 4.71. The van der Waals surface area contributed by atoms with Crippen molar-refractivity contribution in [2.24, 2.45) is 5.92 Å². The maximum atomic E-state index is 13.7. The molecule has 0 radical (unpaired) electrons. The number of thiazole rings is 1. The van der Waals surface area contributed by atoms with Crippen molar-refractivity contribution in [3.8, 4) is 5.88 Å². The van der Waals surface area contributed by atoms with Crippen LogP contribution in [0.15, 0.2) is 29.9 Å². The van der Waals surface area contributed by atoms with E-state index in [1.165, 1.54) is 11.1 Å². The van der Waals surface area contributed by atoms with Gasteiger partial charge in [0.05, 0.1) is 13.2 Å². The first-order valence-corrected chi connectivity index (χ1v) is 9.58. The second-order valence-electron chi connectivity index (χ2n) is 7.18. The van der Waals surface area contributed by atoms with Crippen LogP contribution in [0, 0.1) is 11.7 Å². The molecule has 0 amide bonds. The maximum Gasteiger partial charge on any atom is 0.250 e. The number of ether oxygens (including phenoxy) is 1. The predicted molar refractivity (Wildman–Crippen MR) is 95.2 cm³/mol. The minimum Gasteiger partial charge on any atom is -0.475 e. The van der Waals surface area contributed by atoms with E-state index in [1.54, 1.807) is 23.6 Å². The summed E-state index contributed by atoms with van der Waals surface area (Å²) < 4.78 is 19.3. The highest BCUT2D eigenvalue weighted by atomic mass is 32.1. The highest BCUT2D eigenvalue weighted by molar-refractivity contribution is 7.09. The summed E-state index contributed by atoms with van der Waals surface area (Å²) in [6, 6.07) is 2.97. The molecule has 2 aliphatic heterocycles. The molecule has 134 valence electrons. The standard InChI is InChI=1S/C18H23FN4OS/c1-22-7-4-14(11-24-17-15(19)3-2-5-21-17)9-18(22)12-23(13-18)10-16-20-6-8-25-16/h2-3,5-6,8,14H,4,7,9-13H2,1H3. The normalized spacial score (nSPS) is 23.5. The van der Waals surface area contributed by atoms with Crippen molar-refractivity contribution >= 4 is 11.3 Å². The van der Waals surface area contributed by atoms with Gasteiger partial charge in [0.15, 0.2) is 5.82 Å². The van der Waals surface area contributed by atoms with Crippen LogP contribution >= 0.6 is 11.3 Å². The van der Waals surface area contributed by atoms with Gasteiger partial charge in [-0.25, -0.2) is 14.4 Å². The average Bonchev–Trinajstić information content (AvgIpc) is 3.08. The van der Waals surface area contributed by atoms with Crippen LogP contribution in [-0.4, -0.2) is 58.6 Å². The third-order valence-corrected chi connectivity index (χ3v) is 6.17. The van der Waals surface area contributed by atoms with Crippen molar-refractivity contribution in [2.75, 3.05) is 33.3 Å². The molecule has 4 heterocycles. The van der Waals surface area contributed by atoms with E-state index in [1.807, 2.05) is 11.6 Å². The second-order valence-corrected chi connectivity index (χ2v) is 8.16. The van der Waals surface area contributed by atoms with Crippen molar-refractivity contribution < 1.29 is 9.13 Å². The number of hydrogen-bond donors (Lipinski definition) is 0. The maximum absolute atomic E-state index is 13.7. The minimum absolute atomic E-state index is 0.120. The molecule has 2 saturated heterocycles. The summed E-state index contributed by atoms with van der Waals surface area (Å²) in [6.07, 6.45) is 5.61. The number of likely N-dealkylation sites (tertiary alicyclic amines) is 2. The van der Waals surface area contributed by atoms with Gasteiger partial charge in [-0.15, -0.1) is 11.3 Å². The Balaban J connectivity index is 1.32. The van der Waals surface area contributed by atoms with Gasteiger partial charge in [0.25, 0.3) is 0 Å². The number of aromatic nitrogens is 2. The number of halogens is 1. The molecule has 0 aliphatic carbocycles. The molecule has 25 heavy (non-hydrogen) atoms. The third-order valence-electron chi connectivity index (χ3n) is 5.41. The summed E-state index contributed by atoms with van der Waals surface area (Å²) >= 11 is 1.72. The van der Waals surface area contributed by atoms with E-state index in [0.29, 0.717) is 12.5 Å². The van der Waals surface area contributed by atoms with Crippen molar-refractivity contribution in [1.29, 1.82) is 0 Å². The quantitative estimate of drug-likeness (QED) is 0.818.